The molecule has 1 aromatic heterocycles. The average molecular weight is 257 g/mol. The predicted octanol–water partition coefficient (Wildman–Crippen LogP) is 3.20. The molecule has 0 atom stereocenters. The molecule has 2 aromatic rings. The average Bonchev–Trinajstić information content (AvgIpc) is 2.65. The molecule has 0 aliphatic heterocycles. The van der Waals surface area contributed by atoms with Gasteiger partial charge in [0.2, 0.25) is 0 Å². The number of nitrogens with one attached hydrogen (secondary N) is 1. The fourth-order valence-electron chi connectivity index (χ4n) is 2.48. The first-order valence-corrected chi connectivity index (χ1v) is 6.94. The Morgan fingerprint density at radius 1 is 1.21 bits per heavy atom. The first-order chi connectivity index (χ1) is 9.15. The standard InChI is InChI=1S/C16H23N3/c1-5-10-17-11-14-8-6-7-9-15(14)16-12(2)18-19(4)13(16)3/h6-9,17H,5,10-11H2,1-4H3. The van der Waals surface area contributed by atoms with Gasteiger partial charge in [-0.1, -0.05) is 31.2 Å². The molecule has 0 radical (unpaired) electrons. The molecule has 0 unspecified atom stereocenters. The van der Waals surface area contributed by atoms with Gasteiger partial charge in [-0.25, -0.2) is 0 Å². The van der Waals surface area contributed by atoms with Crippen LogP contribution in [0.2, 0.25) is 0 Å². The SMILES string of the molecule is CCCNCc1ccccc1-c1c(C)nn(C)c1C. The summed E-state index contributed by atoms with van der Waals surface area (Å²) in [5, 5.41) is 8.00. The first-order valence-electron chi connectivity index (χ1n) is 6.94. The molecular weight excluding hydrogens is 234 g/mol. The zero-order valence-corrected chi connectivity index (χ0v) is 12.3. The number of rotatable bonds is 5. The van der Waals surface area contributed by atoms with Gasteiger partial charge in [-0.2, -0.15) is 5.10 Å². The molecule has 1 heterocycles. The minimum Gasteiger partial charge on any atom is -0.313 e. The van der Waals surface area contributed by atoms with Crippen molar-refractivity contribution in [2.45, 2.75) is 33.7 Å². The van der Waals surface area contributed by atoms with Crippen LogP contribution >= 0.6 is 0 Å². The summed E-state index contributed by atoms with van der Waals surface area (Å²) in [5.74, 6) is 0. The molecule has 3 nitrogen and oxygen atoms in total. The van der Waals surface area contributed by atoms with Gasteiger partial charge in [0.05, 0.1) is 5.69 Å². The molecular formula is C16H23N3. The van der Waals surface area contributed by atoms with Crippen LogP contribution in [0.4, 0.5) is 0 Å². The van der Waals surface area contributed by atoms with Gasteiger partial charge >= 0.3 is 0 Å². The topological polar surface area (TPSA) is 29.9 Å². The highest BCUT2D eigenvalue weighted by Gasteiger charge is 2.14. The molecule has 0 aliphatic carbocycles. The van der Waals surface area contributed by atoms with E-state index in [0.717, 1.165) is 25.2 Å². The third-order valence-electron chi connectivity index (χ3n) is 3.54. The summed E-state index contributed by atoms with van der Waals surface area (Å²) < 4.78 is 1.96. The van der Waals surface area contributed by atoms with E-state index in [1.54, 1.807) is 0 Å². The Kier molecular flexibility index (Phi) is 4.38. The lowest BCUT2D eigenvalue weighted by atomic mass is 9.98. The number of nitrogens with zero attached hydrogens (tertiary/aromatic N) is 2. The molecule has 3 heteroatoms. The van der Waals surface area contributed by atoms with E-state index in [-0.39, 0.29) is 0 Å². The summed E-state index contributed by atoms with van der Waals surface area (Å²) in [6.07, 6.45) is 1.16. The molecule has 19 heavy (non-hydrogen) atoms. The minimum absolute atomic E-state index is 0.914. The van der Waals surface area contributed by atoms with Crippen LogP contribution in [-0.4, -0.2) is 16.3 Å². The normalized spacial score (nSPS) is 10.9. The molecule has 0 saturated carbocycles. The van der Waals surface area contributed by atoms with Crippen molar-refractivity contribution in [2.75, 3.05) is 6.54 Å². The summed E-state index contributed by atoms with van der Waals surface area (Å²) in [6, 6.07) is 8.60. The number of hydrogen-bond donors (Lipinski definition) is 1. The summed E-state index contributed by atoms with van der Waals surface area (Å²) in [7, 11) is 2.00. The van der Waals surface area contributed by atoms with Crippen LogP contribution in [-0.2, 0) is 13.6 Å². The van der Waals surface area contributed by atoms with E-state index in [0.29, 0.717) is 0 Å². The highest BCUT2D eigenvalue weighted by Crippen LogP contribution is 2.29. The van der Waals surface area contributed by atoms with E-state index in [9.17, 15) is 0 Å². The van der Waals surface area contributed by atoms with Crippen LogP contribution < -0.4 is 5.32 Å². The van der Waals surface area contributed by atoms with E-state index in [4.69, 9.17) is 0 Å². The Hall–Kier alpha value is -1.61. The number of hydrogen-bond acceptors (Lipinski definition) is 2. The number of aryl methyl sites for hydroxylation is 2. The molecule has 0 amide bonds. The molecule has 0 bridgehead atoms. The van der Waals surface area contributed by atoms with Crippen molar-refractivity contribution in [3.05, 3.63) is 41.2 Å². The van der Waals surface area contributed by atoms with Crippen molar-refractivity contribution in [3.63, 3.8) is 0 Å². The lowest BCUT2D eigenvalue weighted by Crippen LogP contribution is -2.14. The molecule has 0 aliphatic rings. The zero-order chi connectivity index (χ0) is 13.8. The second-order valence-electron chi connectivity index (χ2n) is 5.00. The molecule has 0 fully saturated rings. The van der Waals surface area contributed by atoms with Crippen LogP contribution in [0.1, 0.15) is 30.3 Å². The van der Waals surface area contributed by atoms with Crippen molar-refractivity contribution in [1.29, 1.82) is 0 Å². The predicted molar refractivity (Wildman–Crippen MR) is 80.1 cm³/mol. The van der Waals surface area contributed by atoms with Gasteiger partial charge in [-0.3, -0.25) is 4.68 Å². The molecule has 2 rings (SSSR count). The molecule has 102 valence electrons. The number of benzene rings is 1. The van der Waals surface area contributed by atoms with Crippen LogP contribution in [0.3, 0.4) is 0 Å². The summed E-state index contributed by atoms with van der Waals surface area (Å²) in [6.45, 7) is 8.37. The maximum atomic E-state index is 4.52. The quantitative estimate of drug-likeness (QED) is 0.834. The van der Waals surface area contributed by atoms with E-state index in [2.05, 4.69) is 55.5 Å². The van der Waals surface area contributed by atoms with Gasteiger partial charge in [-0.15, -0.1) is 0 Å². The molecule has 1 N–H and O–H groups in total. The Labute approximate surface area is 115 Å². The van der Waals surface area contributed by atoms with Crippen LogP contribution in [0, 0.1) is 13.8 Å². The van der Waals surface area contributed by atoms with Gasteiger partial charge in [0.25, 0.3) is 0 Å². The molecule has 1 aromatic carbocycles. The first kappa shape index (κ1) is 13.8. The van der Waals surface area contributed by atoms with E-state index >= 15 is 0 Å². The van der Waals surface area contributed by atoms with E-state index in [1.807, 2.05) is 11.7 Å². The van der Waals surface area contributed by atoms with Gasteiger partial charge < -0.3 is 5.32 Å². The fourth-order valence-corrected chi connectivity index (χ4v) is 2.48. The Morgan fingerprint density at radius 2 is 1.95 bits per heavy atom. The van der Waals surface area contributed by atoms with Crippen LogP contribution in [0.5, 0.6) is 0 Å². The highest BCUT2D eigenvalue weighted by atomic mass is 15.3. The van der Waals surface area contributed by atoms with E-state index in [1.165, 1.54) is 22.4 Å². The molecule has 0 saturated heterocycles. The van der Waals surface area contributed by atoms with Gasteiger partial charge in [0.1, 0.15) is 0 Å². The Bertz CT molecular complexity index is 555. The zero-order valence-electron chi connectivity index (χ0n) is 12.3. The highest BCUT2D eigenvalue weighted by molar-refractivity contribution is 5.71. The second kappa shape index (κ2) is 6.02. The fraction of sp³-hybridized carbons (Fsp3) is 0.438. The number of aromatic nitrogens is 2. The van der Waals surface area contributed by atoms with Gasteiger partial charge in [0, 0.05) is 24.8 Å². The third kappa shape index (κ3) is 2.87. The Balaban J connectivity index is 2.38. The molecule has 0 spiro atoms. The lowest BCUT2D eigenvalue weighted by Gasteiger charge is -2.11. The summed E-state index contributed by atoms with van der Waals surface area (Å²) in [4.78, 5) is 0. The minimum atomic E-state index is 0.914. The van der Waals surface area contributed by atoms with Crippen LogP contribution in [0.25, 0.3) is 11.1 Å². The van der Waals surface area contributed by atoms with Crippen molar-refractivity contribution < 1.29 is 0 Å². The van der Waals surface area contributed by atoms with Gasteiger partial charge in [-0.05, 0) is 37.9 Å². The summed E-state index contributed by atoms with van der Waals surface area (Å²) >= 11 is 0. The third-order valence-corrected chi connectivity index (χ3v) is 3.54. The summed E-state index contributed by atoms with van der Waals surface area (Å²) in [5.41, 5.74) is 6.24. The van der Waals surface area contributed by atoms with Crippen LogP contribution in [0.15, 0.2) is 24.3 Å². The maximum absolute atomic E-state index is 4.52. The maximum Gasteiger partial charge on any atom is 0.0674 e. The van der Waals surface area contributed by atoms with Crippen molar-refractivity contribution in [1.82, 2.24) is 15.1 Å². The lowest BCUT2D eigenvalue weighted by molar-refractivity contribution is 0.676. The van der Waals surface area contributed by atoms with Crippen molar-refractivity contribution in [3.8, 4) is 11.1 Å². The smallest absolute Gasteiger partial charge is 0.0674 e. The largest absolute Gasteiger partial charge is 0.313 e. The van der Waals surface area contributed by atoms with Gasteiger partial charge in [0.15, 0.2) is 0 Å². The van der Waals surface area contributed by atoms with Crippen molar-refractivity contribution in [2.24, 2.45) is 7.05 Å². The Morgan fingerprint density at radius 3 is 2.58 bits per heavy atom. The monoisotopic (exact) mass is 257 g/mol. The van der Waals surface area contributed by atoms with E-state index < -0.39 is 0 Å². The van der Waals surface area contributed by atoms with Crippen molar-refractivity contribution >= 4 is 0 Å². The second-order valence-corrected chi connectivity index (χ2v) is 5.00.